The minimum Gasteiger partial charge on any atom is -0.348 e. The molecule has 4 heteroatoms. The van der Waals surface area contributed by atoms with E-state index in [0.29, 0.717) is 0 Å². The van der Waals surface area contributed by atoms with Crippen LogP contribution in [0.15, 0.2) is 35.5 Å². The predicted octanol–water partition coefficient (Wildman–Crippen LogP) is 4.23. The summed E-state index contributed by atoms with van der Waals surface area (Å²) in [7, 11) is 0. The van der Waals surface area contributed by atoms with Gasteiger partial charge in [-0.25, -0.2) is 0 Å². The van der Waals surface area contributed by atoms with Crippen molar-refractivity contribution in [2.24, 2.45) is 10.8 Å². The van der Waals surface area contributed by atoms with Crippen molar-refractivity contribution in [3.63, 3.8) is 0 Å². The zero-order chi connectivity index (χ0) is 17.8. The van der Waals surface area contributed by atoms with Crippen molar-refractivity contribution in [1.82, 2.24) is 0 Å². The summed E-state index contributed by atoms with van der Waals surface area (Å²) in [4.78, 5) is 0. The highest BCUT2D eigenvalue weighted by molar-refractivity contribution is 5.23. The van der Waals surface area contributed by atoms with Crippen molar-refractivity contribution in [1.29, 1.82) is 0 Å². The summed E-state index contributed by atoms with van der Waals surface area (Å²) >= 11 is 0. The molecule has 2 saturated heterocycles. The molecule has 0 bridgehead atoms. The molecule has 2 aliphatic rings. The van der Waals surface area contributed by atoms with Gasteiger partial charge >= 0.3 is 0 Å². The summed E-state index contributed by atoms with van der Waals surface area (Å²) < 4.78 is 23.0. The highest BCUT2D eigenvalue weighted by Crippen LogP contribution is 2.26. The molecule has 0 aromatic carbocycles. The third kappa shape index (κ3) is 6.17. The predicted molar refractivity (Wildman–Crippen MR) is 95.6 cm³/mol. The fourth-order valence-electron chi connectivity index (χ4n) is 2.46. The van der Waals surface area contributed by atoms with Gasteiger partial charge in [-0.05, 0) is 25.5 Å². The van der Waals surface area contributed by atoms with Crippen molar-refractivity contribution in [3.05, 3.63) is 35.5 Å². The Hall–Kier alpha value is -0.940. The van der Waals surface area contributed by atoms with Gasteiger partial charge in [0.1, 0.15) is 0 Å². The largest absolute Gasteiger partial charge is 0.348 e. The van der Waals surface area contributed by atoms with Crippen LogP contribution in [0.4, 0.5) is 0 Å². The Bertz CT molecular complexity index is 494. The van der Waals surface area contributed by atoms with Crippen LogP contribution in [-0.2, 0) is 18.9 Å². The Kier molecular flexibility index (Phi) is 6.43. The molecule has 2 fully saturated rings. The van der Waals surface area contributed by atoms with Crippen LogP contribution in [0.3, 0.4) is 0 Å². The Morgan fingerprint density at radius 1 is 0.833 bits per heavy atom. The maximum atomic E-state index is 5.77. The maximum absolute atomic E-state index is 5.77. The Morgan fingerprint density at radius 2 is 1.33 bits per heavy atom. The molecule has 0 aliphatic carbocycles. The molecule has 0 radical (unpaired) electrons. The van der Waals surface area contributed by atoms with Crippen LogP contribution in [-0.4, -0.2) is 39.0 Å². The lowest BCUT2D eigenvalue weighted by atomic mass is 9.95. The van der Waals surface area contributed by atoms with Crippen molar-refractivity contribution in [2.45, 2.75) is 54.1 Å². The lowest BCUT2D eigenvalue weighted by molar-refractivity contribution is -0.202. The number of allylic oxidation sites excluding steroid dienone is 4. The summed E-state index contributed by atoms with van der Waals surface area (Å²) in [6, 6.07) is 0. The monoisotopic (exact) mass is 336 g/mol. The summed E-state index contributed by atoms with van der Waals surface area (Å²) in [5, 5.41) is 0. The van der Waals surface area contributed by atoms with Crippen LogP contribution in [0.1, 0.15) is 41.5 Å². The molecule has 4 nitrogen and oxygen atoms in total. The van der Waals surface area contributed by atoms with E-state index in [9.17, 15) is 0 Å². The zero-order valence-corrected chi connectivity index (χ0v) is 15.9. The van der Waals surface area contributed by atoms with Gasteiger partial charge in [0.2, 0.25) is 0 Å². The van der Waals surface area contributed by atoms with E-state index in [2.05, 4.69) is 27.7 Å². The van der Waals surface area contributed by atoms with Gasteiger partial charge in [0.25, 0.3) is 0 Å². The highest BCUT2D eigenvalue weighted by Gasteiger charge is 2.29. The average molecular weight is 336 g/mol. The lowest BCUT2D eigenvalue weighted by Gasteiger charge is -2.34. The Balaban J connectivity index is 1.83. The smallest absolute Gasteiger partial charge is 0.179 e. The van der Waals surface area contributed by atoms with Crippen LogP contribution < -0.4 is 0 Å². The Labute approximate surface area is 146 Å². The van der Waals surface area contributed by atoms with E-state index >= 15 is 0 Å². The van der Waals surface area contributed by atoms with Gasteiger partial charge < -0.3 is 18.9 Å². The van der Waals surface area contributed by atoms with Crippen LogP contribution in [0.2, 0.25) is 0 Å². The average Bonchev–Trinajstić information content (AvgIpc) is 2.49. The van der Waals surface area contributed by atoms with E-state index in [1.165, 1.54) is 0 Å². The molecule has 0 atom stereocenters. The maximum Gasteiger partial charge on any atom is 0.179 e. The second-order valence-corrected chi connectivity index (χ2v) is 8.45. The fraction of sp³-hybridized carbons (Fsp3) is 0.700. The molecule has 2 rings (SSSR count). The first-order valence-corrected chi connectivity index (χ1v) is 8.67. The lowest BCUT2D eigenvalue weighted by Crippen LogP contribution is -2.38. The van der Waals surface area contributed by atoms with Gasteiger partial charge in [-0.1, -0.05) is 51.5 Å². The molecule has 0 aromatic heterocycles. The molecule has 0 N–H and O–H groups in total. The van der Waals surface area contributed by atoms with E-state index in [-0.39, 0.29) is 23.4 Å². The molecule has 24 heavy (non-hydrogen) atoms. The van der Waals surface area contributed by atoms with Crippen molar-refractivity contribution < 1.29 is 18.9 Å². The van der Waals surface area contributed by atoms with Gasteiger partial charge in [-0.15, -0.1) is 0 Å². The quantitative estimate of drug-likeness (QED) is 0.720. The number of rotatable bonds is 4. The SMILES string of the molecule is CC(C=CC=C(C)C1OCC(C)(C)CO1)=CC1OCC(C)(C)CO1. The van der Waals surface area contributed by atoms with E-state index in [0.717, 1.165) is 37.6 Å². The zero-order valence-electron chi connectivity index (χ0n) is 15.9. The molecule has 0 amide bonds. The van der Waals surface area contributed by atoms with Crippen molar-refractivity contribution in [3.8, 4) is 0 Å². The minimum atomic E-state index is -0.250. The van der Waals surface area contributed by atoms with Gasteiger partial charge in [0, 0.05) is 10.8 Å². The van der Waals surface area contributed by atoms with Crippen LogP contribution in [0.25, 0.3) is 0 Å². The van der Waals surface area contributed by atoms with Crippen molar-refractivity contribution >= 4 is 0 Å². The summed E-state index contributed by atoms with van der Waals surface area (Å²) in [5.74, 6) is 0. The number of ether oxygens (including phenoxy) is 4. The van der Waals surface area contributed by atoms with E-state index in [1.807, 2.05) is 38.2 Å². The molecule has 0 saturated carbocycles. The number of hydrogen-bond donors (Lipinski definition) is 0. The summed E-state index contributed by atoms with van der Waals surface area (Å²) in [6.45, 7) is 15.5. The first kappa shape index (κ1) is 19.4. The molecule has 2 heterocycles. The van der Waals surface area contributed by atoms with Gasteiger partial charge in [-0.3, -0.25) is 0 Å². The minimum absolute atomic E-state index is 0.0977. The molecule has 136 valence electrons. The molecule has 0 spiro atoms. The third-order valence-corrected chi connectivity index (χ3v) is 4.02. The molecular formula is C20H32O4. The highest BCUT2D eigenvalue weighted by atomic mass is 16.7. The van der Waals surface area contributed by atoms with Crippen LogP contribution >= 0.6 is 0 Å². The topological polar surface area (TPSA) is 36.9 Å². The molecular weight excluding hydrogens is 304 g/mol. The normalized spacial score (nSPS) is 26.9. The van der Waals surface area contributed by atoms with Gasteiger partial charge in [0.15, 0.2) is 12.6 Å². The van der Waals surface area contributed by atoms with Crippen molar-refractivity contribution in [2.75, 3.05) is 26.4 Å². The standard InChI is InChI=1S/C20H32O4/c1-15(10-17-21-11-19(3,4)12-22-17)8-7-9-16(2)18-23-13-20(5,6)14-24-18/h7-10,17-18H,11-14H2,1-6H3. The third-order valence-electron chi connectivity index (χ3n) is 4.02. The van der Waals surface area contributed by atoms with E-state index in [4.69, 9.17) is 18.9 Å². The van der Waals surface area contributed by atoms with Gasteiger partial charge in [-0.2, -0.15) is 0 Å². The van der Waals surface area contributed by atoms with Crippen LogP contribution in [0, 0.1) is 10.8 Å². The van der Waals surface area contributed by atoms with E-state index in [1.54, 1.807) is 0 Å². The second kappa shape index (κ2) is 7.96. The first-order chi connectivity index (χ1) is 11.2. The summed E-state index contributed by atoms with van der Waals surface area (Å²) in [5.41, 5.74) is 2.38. The fourth-order valence-corrected chi connectivity index (χ4v) is 2.46. The summed E-state index contributed by atoms with van der Waals surface area (Å²) in [6.07, 6.45) is 7.61. The molecule has 0 aromatic rings. The molecule has 0 unspecified atom stereocenters. The Morgan fingerprint density at radius 3 is 1.88 bits per heavy atom. The van der Waals surface area contributed by atoms with Crippen LogP contribution in [0.5, 0.6) is 0 Å². The van der Waals surface area contributed by atoms with E-state index < -0.39 is 0 Å². The number of hydrogen-bond acceptors (Lipinski definition) is 4. The van der Waals surface area contributed by atoms with Gasteiger partial charge in [0.05, 0.1) is 26.4 Å². The first-order valence-electron chi connectivity index (χ1n) is 8.67. The second-order valence-electron chi connectivity index (χ2n) is 8.45. The molecule has 2 aliphatic heterocycles.